The van der Waals surface area contributed by atoms with Crippen LogP contribution >= 0.6 is 22.6 Å². The highest BCUT2D eigenvalue weighted by Gasteiger charge is 2.14. The van der Waals surface area contributed by atoms with E-state index in [4.69, 9.17) is 0 Å². The SMILES string of the molecule is Cc1cc(/C=C(\C#N)C(=O)Nc2ccc(F)cc2)c(C)n1-c1ccc(I)cc1. The van der Waals surface area contributed by atoms with Crippen LogP contribution in [0.25, 0.3) is 11.8 Å². The number of hydrogen-bond donors (Lipinski definition) is 1. The Kier molecular flexibility index (Phi) is 5.95. The maximum atomic E-state index is 13.0. The Bertz CT molecular complexity index is 1090. The molecule has 0 bridgehead atoms. The molecule has 0 saturated heterocycles. The number of anilines is 1. The molecule has 6 heteroatoms. The second-order valence-corrected chi connectivity index (χ2v) is 7.51. The summed E-state index contributed by atoms with van der Waals surface area (Å²) in [5, 5.41) is 12.1. The standard InChI is InChI=1S/C22H17FIN3O/c1-14-11-16(15(2)27(14)21-9-5-19(24)6-10-21)12-17(13-25)22(28)26-20-7-3-18(23)4-8-20/h3-12H,1-2H3,(H,26,28)/b17-12+. The van der Waals surface area contributed by atoms with E-state index in [1.54, 1.807) is 6.08 Å². The van der Waals surface area contributed by atoms with E-state index in [2.05, 4.69) is 32.5 Å². The summed E-state index contributed by atoms with van der Waals surface area (Å²) in [6.45, 7) is 3.93. The molecule has 1 N–H and O–H groups in total. The van der Waals surface area contributed by atoms with Crippen LogP contribution in [-0.2, 0) is 4.79 Å². The summed E-state index contributed by atoms with van der Waals surface area (Å²) >= 11 is 2.26. The molecule has 140 valence electrons. The fraction of sp³-hybridized carbons (Fsp3) is 0.0909. The monoisotopic (exact) mass is 485 g/mol. The lowest BCUT2D eigenvalue weighted by atomic mass is 10.1. The van der Waals surface area contributed by atoms with Crippen molar-refractivity contribution in [1.82, 2.24) is 4.57 Å². The van der Waals surface area contributed by atoms with Crippen LogP contribution in [0.4, 0.5) is 10.1 Å². The van der Waals surface area contributed by atoms with E-state index in [9.17, 15) is 14.4 Å². The number of nitrogens with one attached hydrogen (secondary N) is 1. The van der Waals surface area contributed by atoms with Crippen molar-refractivity contribution in [2.75, 3.05) is 5.32 Å². The van der Waals surface area contributed by atoms with E-state index in [1.807, 2.05) is 50.2 Å². The normalized spacial score (nSPS) is 11.2. The summed E-state index contributed by atoms with van der Waals surface area (Å²) in [7, 11) is 0. The lowest BCUT2D eigenvalue weighted by Crippen LogP contribution is -2.13. The van der Waals surface area contributed by atoms with Crippen LogP contribution in [0, 0.1) is 34.6 Å². The maximum absolute atomic E-state index is 13.0. The van der Waals surface area contributed by atoms with Gasteiger partial charge in [0, 0.05) is 26.3 Å². The third-order valence-electron chi connectivity index (χ3n) is 4.32. The lowest BCUT2D eigenvalue weighted by Gasteiger charge is -2.09. The van der Waals surface area contributed by atoms with Crippen molar-refractivity contribution < 1.29 is 9.18 Å². The zero-order valence-electron chi connectivity index (χ0n) is 15.3. The van der Waals surface area contributed by atoms with Gasteiger partial charge >= 0.3 is 0 Å². The van der Waals surface area contributed by atoms with Crippen LogP contribution in [0.2, 0.25) is 0 Å². The Hall–Kier alpha value is -2.92. The Morgan fingerprint density at radius 2 is 1.79 bits per heavy atom. The highest BCUT2D eigenvalue weighted by atomic mass is 127. The number of carbonyl (C=O) groups excluding carboxylic acids is 1. The third kappa shape index (κ3) is 4.31. The first-order valence-electron chi connectivity index (χ1n) is 8.52. The van der Waals surface area contributed by atoms with Crippen LogP contribution in [0.1, 0.15) is 17.0 Å². The Labute approximate surface area is 176 Å². The van der Waals surface area contributed by atoms with Crippen LogP contribution < -0.4 is 5.32 Å². The summed E-state index contributed by atoms with van der Waals surface area (Å²) in [6, 6.07) is 17.4. The summed E-state index contributed by atoms with van der Waals surface area (Å²) in [5.41, 5.74) is 4.15. The molecule has 0 aliphatic rings. The molecule has 3 rings (SSSR count). The van der Waals surface area contributed by atoms with E-state index in [1.165, 1.54) is 24.3 Å². The fourth-order valence-electron chi connectivity index (χ4n) is 2.96. The van der Waals surface area contributed by atoms with Crippen molar-refractivity contribution in [1.29, 1.82) is 5.26 Å². The second-order valence-electron chi connectivity index (χ2n) is 6.27. The van der Waals surface area contributed by atoms with Gasteiger partial charge in [-0.3, -0.25) is 4.79 Å². The van der Waals surface area contributed by atoms with Crippen molar-refractivity contribution in [2.24, 2.45) is 0 Å². The molecule has 0 fully saturated rings. The molecule has 2 aromatic carbocycles. The molecule has 1 aromatic heterocycles. The first kappa shape index (κ1) is 19.8. The van der Waals surface area contributed by atoms with Crippen molar-refractivity contribution in [3.05, 3.63) is 86.5 Å². The number of rotatable bonds is 4. The average molecular weight is 485 g/mol. The lowest BCUT2D eigenvalue weighted by molar-refractivity contribution is -0.112. The fourth-order valence-corrected chi connectivity index (χ4v) is 3.32. The summed E-state index contributed by atoms with van der Waals surface area (Å²) in [5.74, 6) is -0.926. The van der Waals surface area contributed by atoms with Gasteiger partial charge in [0.05, 0.1) is 0 Å². The van der Waals surface area contributed by atoms with Gasteiger partial charge in [0.15, 0.2) is 0 Å². The molecule has 0 unspecified atom stereocenters. The van der Waals surface area contributed by atoms with Gasteiger partial charge in [0.25, 0.3) is 5.91 Å². The van der Waals surface area contributed by atoms with Crippen LogP contribution in [0.15, 0.2) is 60.2 Å². The number of hydrogen-bond acceptors (Lipinski definition) is 2. The summed E-state index contributed by atoms with van der Waals surface area (Å²) < 4.78 is 16.2. The van der Waals surface area contributed by atoms with E-state index in [0.29, 0.717) is 5.69 Å². The largest absolute Gasteiger partial charge is 0.321 e. The minimum absolute atomic E-state index is 0.0211. The summed E-state index contributed by atoms with van der Waals surface area (Å²) in [6.07, 6.45) is 1.57. The number of nitriles is 1. The number of aromatic nitrogens is 1. The van der Waals surface area contributed by atoms with Gasteiger partial charge in [-0.05, 0) is 103 Å². The van der Waals surface area contributed by atoms with Crippen molar-refractivity contribution in [3.8, 4) is 11.8 Å². The van der Waals surface area contributed by atoms with E-state index in [-0.39, 0.29) is 5.57 Å². The zero-order valence-corrected chi connectivity index (χ0v) is 17.5. The minimum atomic E-state index is -0.534. The Balaban J connectivity index is 1.91. The van der Waals surface area contributed by atoms with Gasteiger partial charge in [0.2, 0.25) is 0 Å². The summed E-state index contributed by atoms with van der Waals surface area (Å²) in [4.78, 5) is 12.4. The van der Waals surface area contributed by atoms with Crippen molar-refractivity contribution in [2.45, 2.75) is 13.8 Å². The molecule has 28 heavy (non-hydrogen) atoms. The topological polar surface area (TPSA) is 57.8 Å². The maximum Gasteiger partial charge on any atom is 0.266 e. The first-order chi connectivity index (χ1) is 13.4. The number of halogens is 2. The average Bonchev–Trinajstić information content (AvgIpc) is 2.95. The predicted octanol–water partition coefficient (Wildman–Crippen LogP) is 5.38. The number of amides is 1. The van der Waals surface area contributed by atoms with Crippen molar-refractivity contribution in [3.63, 3.8) is 0 Å². The number of benzene rings is 2. The smallest absolute Gasteiger partial charge is 0.266 e. The molecule has 0 aliphatic carbocycles. The third-order valence-corrected chi connectivity index (χ3v) is 5.04. The molecule has 1 amide bonds. The quantitative estimate of drug-likeness (QED) is 0.307. The molecule has 0 saturated carbocycles. The van der Waals surface area contributed by atoms with Gasteiger partial charge < -0.3 is 9.88 Å². The number of nitrogens with zero attached hydrogens (tertiary/aromatic N) is 2. The first-order valence-corrected chi connectivity index (χ1v) is 9.60. The van der Waals surface area contributed by atoms with Crippen LogP contribution in [0.3, 0.4) is 0 Å². The molecule has 0 atom stereocenters. The molecular formula is C22H17FIN3O. The van der Waals surface area contributed by atoms with Gasteiger partial charge in [-0.25, -0.2) is 4.39 Å². The van der Waals surface area contributed by atoms with Crippen LogP contribution in [0.5, 0.6) is 0 Å². The molecular weight excluding hydrogens is 468 g/mol. The molecule has 3 aromatic rings. The minimum Gasteiger partial charge on any atom is -0.321 e. The van der Waals surface area contributed by atoms with Crippen molar-refractivity contribution >= 4 is 40.3 Å². The Morgan fingerprint density at radius 3 is 2.39 bits per heavy atom. The zero-order chi connectivity index (χ0) is 20.3. The predicted molar refractivity (Wildman–Crippen MR) is 117 cm³/mol. The Morgan fingerprint density at radius 1 is 1.14 bits per heavy atom. The molecule has 0 aliphatic heterocycles. The molecule has 0 spiro atoms. The van der Waals surface area contributed by atoms with E-state index in [0.717, 1.165) is 26.2 Å². The highest BCUT2D eigenvalue weighted by molar-refractivity contribution is 14.1. The number of aryl methyl sites for hydroxylation is 1. The molecule has 1 heterocycles. The van der Waals surface area contributed by atoms with Gasteiger partial charge in [-0.2, -0.15) is 5.26 Å². The van der Waals surface area contributed by atoms with E-state index < -0.39 is 11.7 Å². The van der Waals surface area contributed by atoms with Gasteiger partial charge in [0.1, 0.15) is 17.5 Å². The molecule has 4 nitrogen and oxygen atoms in total. The highest BCUT2D eigenvalue weighted by Crippen LogP contribution is 2.23. The molecule has 0 radical (unpaired) electrons. The number of carbonyl (C=O) groups is 1. The van der Waals surface area contributed by atoms with E-state index >= 15 is 0 Å². The van der Waals surface area contributed by atoms with Gasteiger partial charge in [-0.15, -0.1) is 0 Å². The van der Waals surface area contributed by atoms with Gasteiger partial charge in [-0.1, -0.05) is 0 Å². The second kappa shape index (κ2) is 8.40. The van der Waals surface area contributed by atoms with Crippen LogP contribution in [-0.4, -0.2) is 10.5 Å².